The smallest absolute Gasteiger partial charge is 0.332 e. The van der Waals surface area contributed by atoms with Crippen LogP contribution in [0.2, 0.25) is 0 Å². The van der Waals surface area contributed by atoms with Gasteiger partial charge < -0.3 is 10.6 Å². The van der Waals surface area contributed by atoms with Crippen LogP contribution in [0.3, 0.4) is 0 Å². The monoisotopic (exact) mass is 463 g/mol. The number of hydrogen-bond acceptors (Lipinski definition) is 4. The van der Waals surface area contributed by atoms with E-state index in [1.54, 1.807) is 0 Å². The third-order valence-corrected chi connectivity index (χ3v) is 5.01. The molecule has 0 radical (unpaired) electrons. The number of carbonyl (C=O) groups excluding carboxylic acids is 1. The number of aromatic nitrogens is 2. The van der Waals surface area contributed by atoms with E-state index >= 15 is 0 Å². The number of nitrogens with one attached hydrogen (secondary N) is 2. The van der Waals surface area contributed by atoms with Gasteiger partial charge in [0.1, 0.15) is 29.0 Å². The molecule has 3 aromatic carbocycles. The molecule has 6 nitrogen and oxygen atoms in total. The average molecular weight is 463 g/mol. The zero-order valence-electron chi connectivity index (χ0n) is 18.0. The lowest BCUT2D eigenvalue weighted by Crippen LogP contribution is -2.33. The van der Waals surface area contributed by atoms with Gasteiger partial charge in [0.2, 0.25) is 5.95 Å². The number of benzene rings is 3. The second-order valence-electron chi connectivity index (χ2n) is 7.33. The molecule has 0 unspecified atom stereocenters. The van der Waals surface area contributed by atoms with Crippen molar-refractivity contribution in [3.05, 3.63) is 108 Å². The fourth-order valence-corrected chi connectivity index (χ4v) is 3.31. The van der Waals surface area contributed by atoms with Gasteiger partial charge in [0.05, 0.1) is 11.7 Å². The van der Waals surface area contributed by atoms with E-state index in [4.69, 9.17) is 0 Å². The van der Waals surface area contributed by atoms with Gasteiger partial charge in [-0.05, 0) is 36.8 Å². The Hall–Kier alpha value is -4.40. The maximum atomic E-state index is 14.7. The molecule has 172 valence electrons. The molecule has 0 spiro atoms. The number of para-hydroxylation sites is 2. The summed E-state index contributed by atoms with van der Waals surface area (Å²) in [4.78, 5) is 22.6. The maximum Gasteiger partial charge on any atom is 0.332 e. The normalized spacial score (nSPS) is 11.5. The Morgan fingerprint density at radius 2 is 1.50 bits per heavy atom. The molecular weight excluding hydrogens is 443 g/mol. The van der Waals surface area contributed by atoms with Crippen molar-refractivity contribution in [3.63, 3.8) is 0 Å². The summed E-state index contributed by atoms with van der Waals surface area (Å²) in [6.45, 7) is 1.91. The second-order valence-corrected chi connectivity index (χ2v) is 7.33. The third-order valence-electron chi connectivity index (χ3n) is 5.01. The van der Waals surface area contributed by atoms with Crippen molar-refractivity contribution in [2.24, 2.45) is 0 Å². The van der Waals surface area contributed by atoms with Gasteiger partial charge in [0.25, 0.3) is 0 Å². The molecule has 0 aliphatic rings. The molecule has 1 aromatic heterocycles. The number of nitrogens with zero attached hydrogens (tertiary/aromatic N) is 3. The molecule has 1 atom stereocenters. The number of halogens is 3. The Morgan fingerprint density at radius 1 is 0.853 bits per heavy atom. The van der Waals surface area contributed by atoms with Crippen molar-refractivity contribution in [3.8, 4) is 0 Å². The Kier molecular flexibility index (Phi) is 6.72. The summed E-state index contributed by atoms with van der Waals surface area (Å²) in [6.07, 6.45) is 1.40. The molecule has 4 rings (SSSR count). The van der Waals surface area contributed by atoms with E-state index in [1.807, 2.05) is 37.3 Å². The Morgan fingerprint density at radius 3 is 2.21 bits per heavy atom. The minimum atomic E-state index is -1.00. The molecule has 0 fully saturated rings. The Balaban J connectivity index is 1.69. The van der Waals surface area contributed by atoms with Crippen LogP contribution in [-0.4, -0.2) is 16.0 Å². The van der Waals surface area contributed by atoms with Crippen LogP contribution in [0.25, 0.3) is 0 Å². The van der Waals surface area contributed by atoms with Crippen molar-refractivity contribution in [2.75, 3.05) is 15.5 Å². The van der Waals surface area contributed by atoms with Crippen LogP contribution in [0.4, 0.5) is 41.1 Å². The molecule has 0 aliphatic heterocycles. The molecule has 2 amide bonds. The SMILES string of the molecule is C[C@H](Nc1nccc(N(C(=O)Nc2c(F)cccc2F)c2ccccc2F)n1)c1ccccc1. The van der Waals surface area contributed by atoms with Crippen molar-refractivity contribution >= 4 is 29.2 Å². The van der Waals surface area contributed by atoms with Gasteiger partial charge in [-0.3, -0.25) is 0 Å². The molecule has 0 saturated heterocycles. The molecule has 0 bridgehead atoms. The highest BCUT2D eigenvalue weighted by Crippen LogP contribution is 2.29. The van der Waals surface area contributed by atoms with Gasteiger partial charge in [-0.25, -0.2) is 27.8 Å². The fraction of sp³-hybridized carbons (Fsp3) is 0.0800. The topological polar surface area (TPSA) is 70.2 Å². The number of carbonyl (C=O) groups is 1. The predicted molar refractivity (Wildman–Crippen MR) is 124 cm³/mol. The summed E-state index contributed by atoms with van der Waals surface area (Å²) in [5, 5.41) is 5.31. The number of hydrogen-bond donors (Lipinski definition) is 2. The number of urea groups is 1. The first-order valence-electron chi connectivity index (χ1n) is 10.4. The lowest BCUT2D eigenvalue weighted by Gasteiger charge is -2.23. The molecule has 34 heavy (non-hydrogen) atoms. The van der Waals surface area contributed by atoms with Gasteiger partial charge in [0.15, 0.2) is 0 Å². The summed E-state index contributed by atoms with van der Waals surface area (Å²) >= 11 is 0. The van der Waals surface area contributed by atoms with E-state index < -0.39 is 29.2 Å². The van der Waals surface area contributed by atoms with Gasteiger partial charge in [0, 0.05) is 12.3 Å². The molecule has 0 aliphatic carbocycles. The minimum Gasteiger partial charge on any atom is -0.348 e. The van der Waals surface area contributed by atoms with Crippen LogP contribution >= 0.6 is 0 Å². The molecule has 4 aromatic rings. The zero-order chi connectivity index (χ0) is 24.1. The minimum absolute atomic E-state index is 0.00268. The number of amides is 2. The average Bonchev–Trinajstić information content (AvgIpc) is 2.84. The highest BCUT2D eigenvalue weighted by Gasteiger charge is 2.25. The van der Waals surface area contributed by atoms with E-state index in [0.717, 1.165) is 28.7 Å². The summed E-state index contributed by atoms with van der Waals surface area (Å²) in [7, 11) is 0. The van der Waals surface area contributed by atoms with Crippen molar-refractivity contribution in [2.45, 2.75) is 13.0 Å². The van der Waals surface area contributed by atoms with Gasteiger partial charge in [-0.1, -0.05) is 48.5 Å². The third kappa shape index (κ3) is 4.98. The number of anilines is 4. The molecule has 9 heteroatoms. The number of rotatable bonds is 6. The van der Waals surface area contributed by atoms with Crippen molar-refractivity contribution < 1.29 is 18.0 Å². The van der Waals surface area contributed by atoms with Crippen molar-refractivity contribution in [1.82, 2.24) is 9.97 Å². The summed E-state index contributed by atoms with van der Waals surface area (Å²) in [5.74, 6) is -2.48. The van der Waals surface area contributed by atoms with Crippen LogP contribution in [0.5, 0.6) is 0 Å². The van der Waals surface area contributed by atoms with Crippen LogP contribution in [-0.2, 0) is 0 Å². The molecule has 0 saturated carbocycles. The van der Waals surface area contributed by atoms with Crippen LogP contribution in [0, 0.1) is 17.5 Å². The quantitative estimate of drug-likeness (QED) is 0.345. The van der Waals surface area contributed by atoms with Gasteiger partial charge in [-0.2, -0.15) is 4.98 Å². The van der Waals surface area contributed by atoms with Crippen LogP contribution in [0.1, 0.15) is 18.5 Å². The van der Waals surface area contributed by atoms with E-state index in [0.29, 0.717) is 0 Å². The fourth-order valence-electron chi connectivity index (χ4n) is 3.31. The van der Waals surface area contributed by atoms with E-state index in [9.17, 15) is 18.0 Å². The summed E-state index contributed by atoms with van der Waals surface area (Å²) < 4.78 is 43.0. The first-order valence-corrected chi connectivity index (χ1v) is 10.4. The van der Waals surface area contributed by atoms with Crippen molar-refractivity contribution in [1.29, 1.82) is 0 Å². The second kappa shape index (κ2) is 10.0. The first kappa shape index (κ1) is 22.8. The summed E-state index contributed by atoms with van der Waals surface area (Å²) in [6, 6.07) is 18.5. The van der Waals surface area contributed by atoms with Crippen LogP contribution < -0.4 is 15.5 Å². The summed E-state index contributed by atoms with van der Waals surface area (Å²) in [5.41, 5.74) is 0.173. The highest BCUT2D eigenvalue weighted by molar-refractivity contribution is 6.06. The lowest BCUT2D eigenvalue weighted by molar-refractivity contribution is 0.258. The highest BCUT2D eigenvalue weighted by atomic mass is 19.1. The maximum absolute atomic E-state index is 14.7. The van der Waals surface area contributed by atoms with Crippen LogP contribution in [0.15, 0.2) is 85.1 Å². The largest absolute Gasteiger partial charge is 0.348 e. The Bertz CT molecular complexity index is 1280. The van der Waals surface area contributed by atoms with E-state index in [2.05, 4.69) is 20.6 Å². The Labute approximate surface area is 194 Å². The zero-order valence-corrected chi connectivity index (χ0v) is 18.0. The molecule has 1 heterocycles. The standard InChI is InChI=1S/C25H20F3N5O/c1-16(17-8-3-2-4-9-17)30-24-29-15-14-22(31-24)33(21-13-6-5-10-18(21)26)25(34)32-23-19(27)11-7-12-20(23)28/h2-16H,1H3,(H,32,34)(H,29,30,31)/t16-/m0/s1. The van der Waals surface area contributed by atoms with Gasteiger partial charge >= 0.3 is 6.03 Å². The van der Waals surface area contributed by atoms with Gasteiger partial charge in [-0.15, -0.1) is 0 Å². The van der Waals surface area contributed by atoms with E-state index in [-0.39, 0.29) is 23.5 Å². The first-order chi connectivity index (χ1) is 16.4. The molecular formula is C25H20F3N5O. The molecule has 2 N–H and O–H groups in total. The predicted octanol–water partition coefficient (Wildman–Crippen LogP) is 6.44. The lowest BCUT2D eigenvalue weighted by atomic mass is 10.1. The van der Waals surface area contributed by atoms with E-state index in [1.165, 1.54) is 36.5 Å².